The highest BCUT2D eigenvalue weighted by atomic mass is 16.5. The van der Waals surface area contributed by atoms with Crippen LogP contribution >= 0.6 is 0 Å². The van der Waals surface area contributed by atoms with Gasteiger partial charge >= 0.3 is 0 Å². The van der Waals surface area contributed by atoms with E-state index in [9.17, 15) is 4.79 Å². The monoisotopic (exact) mass is 214 g/mol. The molecule has 0 aromatic rings. The van der Waals surface area contributed by atoms with Crippen molar-refractivity contribution >= 4 is 5.91 Å². The largest absolute Gasteiger partial charge is 0.383 e. The summed E-state index contributed by atoms with van der Waals surface area (Å²) < 4.78 is 4.93. The fraction of sp³-hybridized carbons (Fsp3) is 0.909. The van der Waals surface area contributed by atoms with Crippen LogP contribution in [-0.4, -0.2) is 43.7 Å². The highest BCUT2D eigenvalue weighted by Crippen LogP contribution is 2.30. The van der Waals surface area contributed by atoms with Crippen LogP contribution in [0.15, 0.2) is 0 Å². The lowest BCUT2D eigenvalue weighted by Crippen LogP contribution is -2.43. The summed E-state index contributed by atoms with van der Waals surface area (Å²) in [5.41, 5.74) is 5.91. The van der Waals surface area contributed by atoms with Crippen LogP contribution in [0.2, 0.25) is 0 Å². The Morgan fingerprint density at radius 3 is 2.60 bits per heavy atom. The Bertz CT molecular complexity index is 213. The summed E-state index contributed by atoms with van der Waals surface area (Å²) in [6.07, 6.45) is 4.76. The van der Waals surface area contributed by atoms with E-state index in [1.807, 2.05) is 0 Å². The Labute approximate surface area is 91.8 Å². The van der Waals surface area contributed by atoms with E-state index in [1.165, 1.54) is 0 Å². The van der Waals surface area contributed by atoms with Gasteiger partial charge in [-0.2, -0.15) is 0 Å². The van der Waals surface area contributed by atoms with Crippen LogP contribution in [-0.2, 0) is 9.53 Å². The second kappa shape index (κ2) is 5.47. The van der Waals surface area contributed by atoms with Gasteiger partial charge < -0.3 is 15.4 Å². The zero-order chi connectivity index (χ0) is 11.3. The molecule has 1 rings (SSSR count). The summed E-state index contributed by atoms with van der Waals surface area (Å²) in [6, 6.07) is 0. The first kappa shape index (κ1) is 12.5. The van der Waals surface area contributed by atoms with Crippen molar-refractivity contribution in [2.45, 2.75) is 37.6 Å². The molecule has 0 bridgehead atoms. The van der Waals surface area contributed by atoms with Gasteiger partial charge in [-0.1, -0.05) is 12.8 Å². The Balaban J connectivity index is 2.33. The van der Waals surface area contributed by atoms with Crippen LogP contribution < -0.4 is 5.73 Å². The molecule has 1 aliphatic rings. The molecule has 88 valence electrons. The van der Waals surface area contributed by atoms with Gasteiger partial charge in [0.05, 0.1) is 6.61 Å². The molecular formula is C11H22N2O2. The van der Waals surface area contributed by atoms with Crippen molar-refractivity contribution in [1.29, 1.82) is 0 Å². The van der Waals surface area contributed by atoms with Gasteiger partial charge in [0.2, 0.25) is 5.91 Å². The number of carbonyl (C=O) groups excluding carboxylic acids is 1. The number of ether oxygens (including phenoxy) is 1. The molecule has 0 heterocycles. The molecule has 0 saturated heterocycles. The number of hydrogen-bond acceptors (Lipinski definition) is 3. The van der Waals surface area contributed by atoms with Gasteiger partial charge in [-0.05, 0) is 12.8 Å². The van der Waals surface area contributed by atoms with Gasteiger partial charge in [-0.25, -0.2) is 0 Å². The predicted molar refractivity (Wildman–Crippen MR) is 59.5 cm³/mol. The number of rotatable bonds is 5. The van der Waals surface area contributed by atoms with E-state index in [2.05, 4.69) is 0 Å². The third kappa shape index (κ3) is 3.80. The Kier molecular flexibility index (Phi) is 4.54. The van der Waals surface area contributed by atoms with Crippen LogP contribution in [0.5, 0.6) is 0 Å². The zero-order valence-corrected chi connectivity index (χ0v) is 9.79. The lowest BCUT2D eigenvalue weighted by atomic mass is 9.94. The number of likely N-dealkylation sites (N-methyl/N-ethyl adjacent to an activating group) is 1. The molecule has 0 radical (unpaired) electrons. The summed E-state index contributed by atoms with van der Waals surface area (Å²) in [5, 5.41) is 0. The van der Waals surface area contributed by atoms with Crippen molar-refractivity contribution in [2.24, 2.45) is 5.73 Å². The molecule has 0 atom stereocenters. The first-order valence-corrected chi connectivity index (χ1v) is 5.59. The van der Waals surface area contributed by atoms with Gasteiger partial charge in [0, 0.05) is 32.7 Å². The van der Waals surface area contributed by atoms with Gasteiger partial charge in [0.25, 0.3) is 0 Å². The SMILES string of the molecule is COCCN(C)C(=O)CC1(N)CCCC1. The van der Waals surface area contributed by atoms with Crippen molar-refractivity contribution in [2.75, 3.05) is 27.3 Å². The topological polar surface area (TPSA) is 55.6 Å². The molecule has 0 unspecified atom stereocenters. The summed E-state index contributed by atoms with van der Waals surface area (Å²) >= 11 is 0. The highest BCUT2D eigenvalue weighted by molar-refractivity contribution is 5.77. The Morgan fingerprint density at radius 2 is 2.07 bits per heavy atom. The number of nitrogens with zero attached hydrogens (tertiary/aromatic N) is 1. The fourth-order valence-electron chi connectivity index (χ4n) is 2.04. The lowest BCUT2D eigenvalue weighted by molar-refractivity contribution is -0.131. The summed E-state index contributed by atoms with van der Waals surface area (Å²) in [7, 11) is 3.44. The molecule has 2 N–H and O–H groups in total. The quantitative estimate of drug-likeness (QED) is 0.735. The smallest absolute Gasteiger partial charge is 0.224 e. The van der Waals surface area contributed by atoms with Crippen LogP contribution in [0.25, 0.3) is 0 Å². The maximum absolute atomic E-state index is 11.8. The highest BCUT2D eigenvalue weighted by Gasteiger charge is 2.32. The maximum Gasteiger partial charge on any atom is 0.224 e. The van der Waals surface area contributed by atoms with Gasteiger partial charge in [-0.15, -0.1) is 0 Å². The summed E-state index contributed by atoms with van der Waals surface area (Å²) in [5.74, 6) is 0.136. The van der Waals surface area contributed by atoms with Crippen LogP contribution in [0.4, 0.5) is 0 Å². The van der Waals surface area contributed by atoms with Crippen molar-refractivity contribution < 1.29 is 9.53 Å². The average molecular weight is 214 g/mol. The summed E-state index contributed by atoms with van der Waals surface area (Å²) in [6.45, 7) is 1.23. The molecule has 0 aromatic heterocycles. The van der Waals surface area contributed by atoms with E-state index in [0.717, 1.165) is 25.7 Å². The minimum Gasteiger partial charge on any atom is -0.383 e. The number of nitrogens with two attached hydrogens (primary N) is 1. The van der Waals surface area contributed by atoms with Crippen LogP contribution in [0.3, 0.4) is 0 Å². The molecule has 0 spiro atoms. The second-order valence-corrected chi connectivity index (χ2v) is 4.55. The number of amides is 1. The molecule has 0 aliphatic heterocycles. The van der Waals surface area contributed by atoms with Gasteiger partial charge in [0.1, 0.15) is 0 Å². The van der Waals surface area contributed by atoms with E-state index < -0.39 is 0 Å². The lowest BCUT2D eigenvalue weighted by Gasteiger charge is -2.26. The third-order valence-electron chi connectivity index (χ3n) is 3.16. The first-order valence-electron chi connectivity index (χ1n) is 5.59. The minimum atomic E-state index is -0.238. The van der Waals surface area contributed by atoms with Crippen molar-refractivity contribution in [3.05, 3.63) is 0 Å². The van der Waals surface area contributed by atoms with Crippen molar-refractivity contribution in [3.63, 3.8) is 0 Å². The van der Waals surface area contributed by atoms with Crippen molar-refractivity contribution in [1.82, 2.24) is 4.90 Å². The second-order valence-electron chi connectivity index (χ2n) is 4.55. The molecule has 15 heavy (non-hydrogen) atoms. The van der Waals surface area contributed by atoms with Gasteiger partial charge in [-0.3, -0.25) is 4.79 Å². The molecule has 1 saturated carbocycles. The standard InChI is InChI=1S/C11H22N2O2/c1-13(7-8-15-2)10(14)9-11(12)5-3-4-6-11/h3-9,12H2,1-2H3. The number of carbonyl (C=O) groups is 1. The average Bonchev–Trinajstić information content (AvgIpc) is 2.61. The van der Waals surface area contributed by atoms with E-state index in [0.29, 0.717) is 19.6 Å². The first-order chi connectivity index (χ1) is 7.07. The van der Waals surface area contributed by atoms with Crippen LogP contribution in [0, 0.1) is 0 Å². The number of hydrogen-bond donors (Lipinski definition) is 1. The molecule has 0 aromatic carbocycles. The van der Waals surface area contributed by atoms with Gasteiger partial charge in [0.15, 0.2) is 0 Å². The Morgan fingerprint density at radius 1 is 1.47 bits per heavy atom. The third-order valence-corrected chi connectivity index (χ3v) is 3.16. The fourth-order valence-corrected chi connectivity index (χ4v) is 2.04. The molecule has 4 heteroatoms. The van der Waals surface area contributed by atoms with Crippen LogP contribution in [0.1, 0.15) is 32.1 Å². The molecular weight excluding hydrogens is 192 g/mol. The zero-order valence-electron chi connectivity index (χ0n) is 9.79. The molecule has 1 amide bonds. The van der Waals surface area contributed by atoms with E-state index in [4.69, 9.17) is 10.5 Å². The Hall–Kier alpha value is -0.610. The van der Waals surface area contributed by atoms with Crippen molar-refractivity contribution in [3.8, 4) is 0 Å². The van der Waals surface area contributed by atoms with E-state index in [-0.39, 0.29) is 11.4 Å². The van der Waals surface area contributed by atoms with E-state index >= 15 is 0 Å². The minimum absolute atomic E-state index is 0.136. The molecule has 4 nitrogen and oxygen atoms in total. The maximum atomic E-state index is 11.8. The van der Waals surface area contributed by atoms with E-state index in [1.54, 1.807) is 19.1 Å². The number of methoxy groups -OCH3 is 1. The molecule has 1 aliphatic carbocycles. The molecule has 1 fully saturated rings. The normalized spacial score (nSPS) is 19.1. The predicted octanol–water partition coefficient (Wildman–Crippen LogP) is 0.753. The summed E-state index contributed by atoms with van der Waals surface area (Å²) in [4.78, 5) is 13.5.